The van der Waals surface area contributed by atoms with Crippen molar-refractivity contribution < 1.29 is 4.52 Å². The summed E-state index contributed by atoms with van der Waals surface area (Å²) in [6, 6.07) is 0.415. The van der Waals surface area contributed by atoms with Crippen LogP contribution >= 0.6 is 0 Å². The Hall–Kier alpha value is -2.38. The summed E-state index contributed by atoms with van der Waals surface area (Å²) in [7, 11) is 1.82. The Morgan fingerprint density at radius 2 is 2.38 bits per heavy atom. The van der Waals surface area contributed by atoms with Crippen molar-refractivity contribution in [1.29, 1.82) is 0 Å². The van der Waals surface area contributed by atoms with Gasteiger partial charge in [0.1, 0.15) is 0 Å². The summed E-state index contributed by atoms with van der Waals surface area (Å²) in [5, 5.41) is 7.21. The predicted octanol–water partition coefficient (Wildman–Crippen LogP) is 1.28. The van der Waals surface area contributed by atoms with Crippen molar-refractivity contribution in [1.82, 2.24) is 29.9 Å². The molecule has 8 heteroatoms. The Bertz CT molecular complexity index is 664. The smallest absolute Gasteiger partial charge is 0.228 e. The number of likely N-dealkylation sites (tertiary alicyclic amines) is 1. The van der Waals surface area contributed by atoms with Crippen molar-refractivity contribution in [2.24, 2.45) is 10.9 Å². The van der Waals surface area contributed by atoms with Gasteiger partial charge in [-0.15, -0.1) is 0 Å². The van der Waals surface area contributed by atoms with E-state index in [2.05, 4.69) is 41.8 Å². The molecule has 1 aliphatic heterocycles. The van der Waals surface area contributed by atoms with E-state index in [-0.39, 0.29) is 0 Å². The number of aromatic nitrogens is 4. The minimum absolute atomic E-state index is 0.415. The van der Waals surface area contributed by atoms with Crippen molar-refractivity contribution in [2.75, 3.05) is 26.7 Å². The van der Waals surface area contributed by atoms with Crippen LogP contribution in [0.5, 0.6) is 0 Å². The third kappa shape index (κ3) is 3.74. The molecule has 2 aromatic heterocycles. The summed E-state index contributed by atoms with van der Waals surface area (Å²) in [4.78, 5) is 15.1. The van der Waals surface area contributed by atoms with Gasteiger partial charge in [-0.1, -0.05) is 12.1 Å². The van der Waals surface area contributed by atoms with Gasteiger partial charge in [-0.2, -0.15) is 4.98 Å². The van der Waals surface area contributed by atoms with Crippen LogP contribution in [0, 0.1) is 12.8 Å². The lowest BCUT2D eigenvalue weighted by atomic mass is 9.93. The average Bonchev–Trinajstić information content (AvgIpc) is 3.24. The van der Waals surface area contributed by atoms with Crippen LogP contribution in [0.4, 0.5) is 0 Å². The Kier molecular flexibility index (Phi) is 5.12. The number of nitrogens with one attached hydrogen (secondary N) is 1. The number of aryl methyl sites for hydroxylation is 1. The van der Waals surface area contributed by atoms with Crippen LogP contribution in [0.3, 0.4) is 0 Å². The van der Waals surface area contributed by atoms with Crippen molar-refractivity contribution in [2.45, 2.75) is 32.7 Å². The number of imidazole rings is 1. The molecular weight excluding hydrogens is 306 g/mol. The molecule has 0 bridgehead atoms. The van der Waals surface area contributed by atoms with Gasteiger partial charge in [-0.25, -0.2) is 4.98 Å². The van der Waals surface area contributed by atoms with Gasteiger partial charge in [-0.05, 0) is 19.3 Å². The van der Waals surface area contributed by atoms with E-state index in [0.717, 1.165) is 32.0 Å². The van der Waals surface area contributed by atoms with Crippen molar-refractivity contribution in [3.8, 4) is 0 Å². The molecule has 0 saturated carbocycles. The molecule has 3 heterocycles. The molecule has 0 radical (unpaired) electrons. The molecule has 0 aromatic carbocycles. The lowest BCUT2D eigenvalue weighted by Gasteiger charge is -2.39. The fourth-order valence-electron chi connectivity index (χ4n) is 3.15. The molecule has 0 spiro atoms. The van der Waals surface area contributed by atoms with Crippen LogP contribution in [0.25, 0.3) is 0 Å². The normalized spacial score (nSPS) is 22.0. The average molecular weight is 331 g/mol. The molecule has 1 saturated heterocycles. The maximum atomic E-state index is 5.14. The molecule has 2 aromatic rings. The van der Waals surface area contributed by atoms with Crippen LogP contribution in [0.1, 0.15) is 31.1 Å². The molecule has 2 unspecified atom stereocenters. The number of aliphatic imine (C=N–C) groups is 1. The summed E-state index contributed by atoms with van der Waals surface area (Å²) in [5.74, 6) is 2.86. The molecule has 1 aliphatic rings. The zero-order valence-corrected chi connectivity index (χ0v) is 14.5. The lowest BCUT2D eigenvalue weighted by Crippen LogP contribution is -2.49. The second-order valence-electron chi connectivity index (χ2n) is 6.25. The van der Waals surface area contributed by atoms with Crippen molar-refractivity contribution >= 4 is 5.96 Å². The fraction of sp³-hybridized carbons (Fsp3) is 0.625. The van der Waals surface area contributed by atoms with Crippen LogP contribution in [0.2, 0.25) is 0 Å². The second-order valence-corrected chi connectivity index (χ2v) is 6.25. The summed E-state index contributed by atoms with van der Waals surface area (Å²) in [6.07, 6.45) is 7.60. The molecule has 1 fully saturated rings. The van der Waals surface area contributed by atoms with Gasteiger partial charge < -0.3 is 19.3 Å². The van der Waals surface area contributed by atoms with E-state index in [9.17, 15) is 0 Å². The number of guanidine groups is 1. The highest BCUT2D eigenvalue weighted by atomic mass is 16.5. The summed E-state index contributed by atoms with van der Waals surface area (Å²) < 4.78 is 7.34. The SMILES string of the molecule is CN=C(NCCc1nc(C)no1)N1CCC(C)C(n2ccnc2)C1. The molecule has 130 valence electrons. The van der Waals surface area contributed by atoms with Gasteiger partial charge >= 0.3 is 0 Å². The quantitative estimate of drug-likeness (QED) is 0.671. The van der Waals surface area contributed by atoms with Crippen LogP contribution in [-0.2, 0) is 6.42 Å². The Balaban J connectivity index is 1.57. The second kappa shape index (κ2) is 7.46. The van der Waals surface area contributed by atoms with E-state index < -0.39 is 0 Å². The van der Waals surface area contributed by atoms with E-state index in [0.29, 0.717) is 30.1 Å². The zero-order chi connectivity index (χ0) is 16.9. The third-order valence-electron chi connectivity index (χ3n) is 4.53. The number of hydrogen-bond acceptors (Lipinski definition) is 5. The van der Waals surface area contributed by atoms with Crippen molar-refractivity contribution in [3.05, 3.63) is 30.4 Å². The fourth-order valence-corrected chi connectivity index (χ4v) is 3.15. The number of hydrogen-bond donors (Lipinski definition) is 1. The van der Waals surface area contributed by atoms with Gasteiger partial charge in [0.15, 0.2) is 11.8 Å². The van der Waals surface area contributed by atoms with E-state index in [4.69, 9.17) is 4.52 Å². The highest BCUT2D eigenvalue weighted by molar-refractivity contribution is 5.80. The maximum Gasteiger partial charge on any atom is 0.228 e. The van der Waals surface area contributed by atoms with E-state index >= 15 is 0 Å². The first kappa shape index (κ1) is 16.5. The van der Waals surface area contributed by atoms with Gasteiger partial charge in [0.25, 0.3) is 0 Å². The Morgan fingerprint density at radius 3 is 3.04 bits per heavy atom. The molecule has 3 rings (SSSR count). The topological polar surface area (TPSA) is 84.4 Å². The Labute approximate surface area is 142 Å². The molecular formula is C16H25N7O. The minimum Gasteiger partial charge on any atom is -0.356 e. The molecule has 8 nitrogen and oxygen atoms in total. The highest BCUT2D eigenvalue weighted by Gasteiger charge is 2.28. The molecule has 0 aliphatic carbocycles. The zero-order valence-electron chi connectivity index (χ0n) is 14.5. The van der Waals surface area contributed by atoms with Crippen LogP contribution < -0.4 is 5.32 Å². The van der Waals surface area contributed by atoms with E-state index in [1.165, 1.54) is 0 Å². The van der Waals surface area contributed by atoms with Crippen molar-refractivity contribution in [3.63, 3.8) is 0 Å². The highest BCUT2D eigenvalue weighted by Crippen LogP contribution is 2.27. The molecule has 0 amide bonds. The first-order chi connectivity index (χ1) is 11.7. The summed E-state index contributed by atoms with van der Waals surface area (Å²) in [6.45, 7) is 6.78. The number of rotatable bonds is 4. The molecule has 1 N–H and O–H groups in total. The van der Waals surface area contributed by atoms with Crippen LogP contribution in [0.15, 0.2) is 28.2 Å². The third-order valence-corrected chi connectivity index (χ3v) is 4.53. The van der Waals surface area contributed by atoms with Gasteiger partial charge in [0, 0.05) is 45.5 Å². The maximum absolute atomic E-state index is 5.14. The monoisotopic (exact) mass is 331 g/mol. The first-order valence-corrected chi connectivity index (χ1v) is 8.39. The lowest BCUT2D eigenvalue weighted by molar-refractivity contribution is 0.189. The molecule has 2 atom stereocenters. The van der Waals surface area contributed by atoms with Gasteiger partial charge in [0.2, 0.25) is 5.89 Å². The Morgan fingerprint density at radius 1 is 1.50 bits per heavy atom. The number of nitrogens with zero attached hydrogens (tertiary/aromatic N) is 6. The summed E-state index contributed by atoms with van der Waals surface area (Å²) >= 11 is 0. The van der Waals surface area contributed by atoms with Gasteiger partial charge in [0.05, 0.1) is 12.4 Å². The van der Waals surface area contributed by atoms with E-state index in [1.54, 1.807) is 0 Å². The largest absolute Gasteiger partial charge is 0.356 e. The molecule has 24 heavy (non-hydrogen) atoms. The van der Waals surface area contributed by atoms with E-state index in [1.807, 2.05) is 32.7 Å². The van der Waals surface area contributed by atoms with Gasteiger partial charge in [-0.3, -0.25) is 4.99 Å². The number of piperidine rings is 1. The predicted molar refractivity (Wildman–Crippen MR) is 90.7 cm³/mol. The standard InChI is InChI=1S/C16H25N7O/c1-12-5-8-22(10-14(12)23-9-7-18-11-23)16(17-3)19-6-4-15-20-13(2)21-24-15/h7,9,11-12,14H,4-6,8,10H2,1-3H3,(H,17,19). The first-order valence-electron chi connectivity index (χ1n) is 8.39. The van der Waals surface area contributed by atoms with Crippen LogP contribution in [-0.4, -0.2) is 57.2 Å². The summed E-state index contributed by atoms with van der Waals surface area (Å²) in [5.41, 5.74) is 0. The minimum atomic E-state index is 0.415.